The summed E-state index contributed by atoms with van der Waals surface area (Å²) in [5.41, 5.74) is 1.43. The first-order valence-electron chi connectivity index (χ1n) is 9.91. The second-order valence-corrected chi connectivity index (χ2v) is 8.01. The summed E-state index contributed by atoms with van der Waals surface area (Å²) in [5.74, 6) is 0.138. The number of H-pyrrole nitrogens is 1. The zero-order valence-corrected chi connectivity index (χ0v) is 17.6. The van der Waals surface area contributed by atoms with Gasteiger partial charge >= 0.3 is 11.3 Å². The molecule has 1 N–H and O–H groups in total. The Morgan fingerprint density at radius 3 is 2.67 bits per heavy atom. The van der Waals surface area contributed by atoms with Gasteiger partial charge in [-0.3, -0.25) is 14.6 Å². The molecule has 1 aliphatic rings. The number of hydrogen-bond acceptors (Lipinski definition) is 4. The van der Waals surface area contributed by atoms with Crippen LogP contribution in [0.15, 0.2) is 58.5 Å². The highest BCUT2D eigenvalue weighted by molar-refractivity contribution is 7.99. The van der Waals surface area contributed by atoms with Crippen molar-refractivity contribution in [3.8, 4) is 11.3 Å². The maximum Gasteiger partial charge on any atom is 0.325 e. The molecule has 0 fully saturated rings. The van der Waals surface area contributed by atoms with Gasteiger partial charge in [-0.05, 0) is 35.4 Å². The first-order chi connectivity index (χ1) is 14.6. The van der Waals surface area contributed by atoms with E-state index in [0.717, 1.165) is 12.2 Å². The van der Waals surface area contributed by atoms with Crippen molar-refractivity contribution in [1.82, 2.24) is 10.1 Å². The lowest BCUT2D eigenvalue weighted by Crippen LogP contribution is -2.61. The van der Waals surface area contributed by atoms with E-state index >= 15 is 0 Å². The summed E-state index contributed by atoms with van der Waals surface area (Å²) in [4.78, 5) is 30.5. The van der Waals surface area contributed by atoms with E-state index < -0.39 is 12.0 Å². The van der Waals surface area contributed by atoms with Gasteiger partial charge in [-0.1, -0.05) is 49.9 Å². The number of aromatic nitrogens is 3. The number of nitrogens with zero attached hydrogens (tertiary/aromatic N) is 3. The van der Waals surface area contributed by atoms with Gasteiger partial charge in [0.15, 0.2) is 0 Å². The predicted molar refractivity (Wildman–Crippen MR) is 114 cm³/mol. The van der Waals surface area contributed by atoms with Crippen LogP contribution in [0.25, 0.3) is 11.3 Å². The van der Waals surface area contributed by atoms with Crippen molar-refractivity contribution < 1.29 is 13.9 Å². The van der Waals surface area contributed by atoms with E-state index in [9.17, 15) is 14.0 Å². The molecule has 30 heavy (non-hydrogen) atoms. The molecule has 3 aromatic rings. The predicted octanol–water partition coefficient (Wildman–Crippen LogP) is 3.67. The fourth-order valence-corrected chi connectivity index (χ4v) is 4.35. The molecule has 2 aromatic carbocycles. The monoisotopic (exact) mass is 425 g/mol. The average molecular weight is 426 g/mol. The summed E-state index contributed by atoms with van der Waals surface area (Å²) in [6.45, 7) is 3.80. The minimum absolute atomic E-state index is 0.182. The van der Waals surface area contributed by atoms with E-state index in [2.05, 4.69) is 10.1 Å². The van der Waals surface area contributed by atoms with Crippen molar-refractivity contribution in [3.63, 3.8) is 0 Å². The standard InChI is InChI=1S/C22H21FN4O2S/c1-3-13-30-22-24-20(29)19-15-10-6-8-12-17(15)26(18(28)4-2)21(27(19)25-22)14-9-5-7-11-16(14)23/h5-12,21H,3-4,13H2,1-2H3/p+1. The van der Waals surface area contributed by atoms with E-state index in [1.165, 1.54) is 22.5 Å². The first kappa shape index (κ1) is 20.3. The van der Waals surface area contributed by atoms with E-state index in [4.69, 9.17) is 0 Å². The smallest absolute Gasteiger partial charge is 0.291 e. The van der Waals surface area contributed by atoms with Gasteiger partial charge in [-0.2, -0.15) is 0 Å². The fourth-order valence-electron chi connectivity index (χ4n) is 3.64. The number of nitrogens with one attached hydrogen (secondary N) is 1. The maximum absolute atomic E-state index is 14.9. The number of para-hydroxylation sites is 1. The Bertz CT molecular complexity index is 1160. The number of benzene rings is 2. The molecule has 4 rings (SSSR count). The third kappa shape index (κ3) is 3.41. The number of aromatic amines is 1. The number of hydrogen-bond donors (Lipinski definition) is 1. The largest absolute Gasteiger partial charge is 0.325 e. The molecule has 0 radical (unpaired) electrons. The van der Waals surface area contributed by atoms with E-state index in [1.54, 1.807) is 54.3 Å². The SMILES string of the molecule is CCCSc1n[n+]2c(c(=O)[nH]1)-c1ccccc1N(C(=O)CC)C2c1ccccc1F. The number of carbonyl (C=O) groups excluding carboxylic acids is 1. The van der Waals surface area contributed by atoms with Gasteiger partial charge in [0.05, 0.1) is 16.8 Å². The molecule has 0 bridgehead atoms. The highest BCUT2D eigenvalue weighted by atomic mass is 32.2. The number of thioether (sulfide) groups is 1. The number of anilines is 1. The van der Waals surface area contributed by atoms with E-state index in [1.807, 2.05) is 6.92 Å². The minimum atomic E-state index is -0.896. The zero-order valence-electron chi connectivity index (χ0n) is 16.8. The molecule has 1 aliphatic heterocycles. The van der Waals surface area contributed by atoms with Crippen molar-refractivity contribution >= 4 is 23.4 Å². The van der Waals surface area contributed by atoms with Crippen LogP contribution in [0.2, 0.25) is 0 Å². The van der Waals surface area contributed by atoms with Crippen LogP contribution in [0.3, 0.4) is 0 Å². The summed E-state index contributed by atoms with van der Waals surface area (Å²) in [6.07, 6.45) is 0.248. The van der Waals surface area contributed by atoms with Crippen LogP contribution in [0.4, 0.5) is 10.1 Å². The van der Waals surface area contributed by atoms with Crippen molar-refractivity contribution in [2.75, 3.05) is 10.7 Å². The molecule has 0 saturated carbocycles. The lowest BCUT2D eigenvalue weighted by atomic mass is 10.0. The highest BCUT2D eigenvalue weighted by Gasteiger charge is 2.46. The molecule has 1 amide bonds. The van der Waals surface area contributed by atoms with Gasteiger partial charge < -0.3 is 0 Å². The number of carbonyl (C=O) groups is 1. The Balaban J connectivity index is 2.05. The summed E-state index contributed by atoms with van der Waals surface area (Å²) in [5, 5.41) is 5.08. The molecule has 154 valence electrons. The molecular weight excluding hydrogens is 403 g/mol. The van der Waals surface area contributed by atoms with Crippen LogP contribution in [-0.4, -0.2) is 21.7 Å². The van der Waals surface area contributed by atoms with Crippen LogP contribution in [-0.2, 0) is 4.79 Å². The van der Waals surface area contributed by atoms with Crippen LogP contribution in [0.5, 0.6) is 0 Å². The highest BCUT2D eigenvalue weighted by Crippen LogP contribution is 2.38. The second kappa shape index (κ2) is 8.39. The van der Waals surface area contributed by atoms with Gasteiger partial charge in [0.2, 0.25) is 11.1 Å². The van der Waals surface area contributed by atoms with Gasteiger partial charge in [0.25, 0.3) is 6.17 Å². The van der Waals surface area contributed by atoms with Crippen molar-refractivity contribution in [2.24, 2.45) is 0 Å². The lowest BCUT2D eigenvalue weighted by molar-refractivity contribution is -0.763. The Morgan fingerprint density at radius 2 is 1.93 bits per heavy atom. The Kier molecular flexibility index (Phi) is 5.67. The maximum atomic E-state index is 14.9. The quantitative estimate of drug-likeness (QED) is 0.500. The number of fused-ring (bicyclic) bond motifs is 3. The van der Waals surface area contributed by atoms with Gasteiger partial charge in [-0.25, -0.2) is 9.29 Å². The van der Waals surface area contributed by atoms with Crippen molar-refractivity contribution in [1.29, 1.82) is 0 Å². The second-order valence-electron chi connectivity index (χ2n) is 6.93. The Morgan fingerprint density at radius 1 is 1.20 bits per heavy atom. The van der Waals surface area contributed by atoms with Crippen molar-refractivity contribution in [3.05, 3.63) is 70.3 Å². The summed E-state index contributed by atoms with van der Waals surface area (Å²) in [6, 6.07) is 13.5. The van der Waals surface area contributed by atoms with Crippen molar-refractivity contribution in [2.45, 2.75) is 38.0 Å². The van der Waals surface area contributed by atoms with Gasteiger partial charge in [-0.15, -0.1) is 0 Å². The van der Waals surface area contributed by atoms with Crippen LogP contribution >= 0.6 is 11.8 Å². The zero-order chi connectivity index (χ0) is 21.3. The molecular formula is C22H22FN4O2S+. The number of amides is 1. The molecule has 0 aliphatic carbocycles. The van der Waals surface area contributed by atoms with Gasteiger partial charge in [0, 0.05) is 17.3 Å². The third-order valence-electron chi connectivity index (χ3n) is 4.96. The molecule has 1 atom stereocenters. The molecule has 1 aromatic heterocycles. The normalized spacial score (nSPS) is 14.9. The van der Waals surface area contributed by atoms with E-state index in [-0.39, 0.29) is 23.5 Å². The third-order valence-corrected chi connectivity index (χ3v) is 6.03. The number of halogens is 1. The molecule has 2 heterocycles. The summed E-state index contributed by atoms with van der Waals surface area (Å²) in [7, 11) is 0. The minimum Gasteiger partial charge on any atom is -0.291 e. The molecule has 0 saturated heterocycles. The average Bonchev–Trinajstić information content (AvgIpc) is 2.76. The molecule has 6 nitrogen and oxygen atoms in total. The molecule has 1 unspecified atom stereocenters. The Hall–Kier alpha value is -3.00. The topological polar surface area (TPSA) is 69.9 Å². The molecule has 0 spiro atoms. The van der Waals surface area contributed by atoms with E-state index in [0.29, 0.717) is 22.1 Å². The lowest BCUT2D eigenvalue weighted by Gasteiger charge is -2.32. The first-order valence-corrected chi connectivity index (χ1v) is 10.9. The van der Waals surface area contributed by atoms with Crippen LogP contribution < -0.4 is 15.1 Å². The fraction of sp³-hybridized carbons (Fsp3) is 0.273. The van der Waals surface area contributed by atoms with Gasteiger partial charge in [0.1, 0.15) is 5.82 Å². The summed E-state index contributed by atoms with van der Waals surface area (Å²) >= 11 is 1.42. The summed E-state index contributed by atoms with van der Waals surface area (Å²) < 4.78 is 16.4. The van der Waals surface area contributed by atoms with Crippen LogP contribution in [0, 0.1) is 5.82 Å². The van der Waals surface area contributed by atoms with Crippen LogP contribution in [0.1, 0.15) is 38.4 Å². The molecule has 8 heteroatoms. The number of rotatable bonds is 5. The Labute approximate surface area is 177 Å².